The van der Waals surface area contributed by atoms with Crippen molar-refractivity contribution in [2.45, 2.75) is 0 Å². The lowest BCUT2D eigenvalue weighted by molar-refractivity contribution is 0.417. The minimum absolute atomic E-state index is 0. The van der Waals surface area contributed by atoms with Crippen molar-refractivity contribution in [2.24, 2.45) is 5.73 Å². The van der Waals surface area contributed by atoms with Gasteiger partial charge in [0.2, 0.25) is 0 Å². The van der Waals surface area contributed by atoms with Gasteiger partial charge in [-0.25, -0.2) is 0 Å². The first-order valence-corrected chi connectivity index (χ1v) is 5.55. The molecule has 0 aliphatic carbocycles. The van der Waals surface area contributed by atoms with Crippen molar-refractivity contribution < 1.29 is 4.74 Å². The van der Waals surface area contributed by atoms with Crippen molar-refractivity contribution in [3.8, 4) is 5.75 Å². The van der Waals surface area contributed by atoms with E-state index in [9.17, 15) is 0 Å². The van der Waals surface area contributed by atoms with Crippen molar-refractivity contribution in [3.63, 3.8) is 0 Å². The fourth-order valence-corrected chi connectivity index (χ4v) is 1.64. The first-order valence-electron chi connectivity index (χ1n) is 5.55. The van der Waals surface area contributed by atoms with Gasteiger partial charge in [0.25, 0.3) is 0 Å². The van der Waals surface area contributed by atoms with Gasteiger partial charge in [0.15, 0.2) is 0 Å². The van der Waals surface area contributed by atoms with E-state index < -0.39 is 0 Å². The maximum absolute atomic E-state index is 7.33. The minimum Gasteiger partial charge on any atom is -0.495 e. The Bertz CT molecular complexity index is 555. The molecule has 2 rings (SSSR count). The Labute approximate surface area is 118 Å². The summed E-state index contributed by atoms with van der Waals surface area (Å²) in [5, 5.41) is 10.6. The molecule has 0 heterocycles. The number of hydrogen-bond donors (Lipinski definition) is 3. The van der Waals surface area contributed by atoms with Gasteiger partial charge in [-0.1, -0.05) is 12.1 Å². The van der Waals surface area contributed by atoms with E-state index in [0.717, 1.165) is 17.1 Å². The Kier molecular flexibility index (Phi) is 5.21. The Hall–Kier alpha value is -2.20. The predicted octanol–water partition coefficient (Wildman–Crippen LogP) is 3.14. The summed E-state index contributed by atoms with van der Waals surface area (Å²) in [4.78, 5) is 0. The SMILES string of the molecule is COc1ccccc1Nc1ccc(C(=N)N)cc1.Cl. The first kappa shape index (κ1) is 14.9. The fourth-order valence-electron chi connectivity index (χ4n) is 1.64. The molecule has 0 fully saturated rings. The average molecular weight is 278 g/mol. The van der Waals surface area contributed by atoms with Gasteiger partial charge in [-0.3, -0.25) is 5.41 Å². The first-order chi connectivity index (χ1) is 8.70. The van der Waals surface area contributed by atoms with E-state index in [-0.39, 0.29) is 18.2 Å². The minimum atomic E-state index is 0. The molecule has 0 bridgehead atoms. The summed E-state index contributed by atoms with van der Waals surface area (Å²) in [5.41, 5.74) is 7.93. The van der Waals surface area contributed by atoms with Crippen LogP contribution in [-0.2, 0) is 0 Å². The molecule has 4 nitrogen and oxygen atoms in total. The molecule has 0 saturated heterocycles. The summed E-state index contributed by atoms with van der Waals surface area (Å²) in [7, 11) is 1.64. The average Bonchev–Trinajstić information content (AvgIpc) is 2.40. The standard InChI is InChI=1S/C14H15N3O.ClH/c1-18-13-5-3-2-4-12(13)17-11-8-6-10(7-9-11)14(15)16;/h2-9,17H,1H3,(H3,15,16);1H. The predicted molar refractivity (Wildman–Crippen MR) is 81.0 cm³/mol. The summed E-state index contributed by atoms with van der Waals surface area (Å²) >= 11 is 0. The van der Waals surface area contributed by atoms with Crippen molar-refractivity contribution in [2.75, 3.05) is 12.4 Å². The van der Waals surface area contributed by atoms with Crippen molar-refractivity contribution in [3.05, 3.63) is 54.1 Å². The van der Waals surface area contributed by atoms with Gasteiger partial charge < -0.3 is 15.8 Å². The van der Waals surface area contributed by atoms with Crippen LogP contribution in [-0.4, -0.2) is 12.9 Å². The van der Waals surface area contributed by atoms with Crippen LogP contribution in [0.25, 0.3) is 0 Å². The van der Waals surface area contributed by atoms with E-state index >= 15 is 0 Å². The molecular formula is C14H16ClN3O. The lowest BCUT2D eigenvalue weighted by atomic mass is 10.2. The highest BCUT2D eigenvalue weighted by molar-refractivity contribution is 5.95. The Morgan fingerprint density at radius 3 is 2.32 bits per heavy atom. The fraction of sp³-hybridized carbons (Fsp3) is 0.0714. The monoisotopic (exact) mass is 277 g/mol. The summed E-state index contributed by atoms with van der Waals surface area (Å²) in [6, 6.07) is 15.1. The number of nitrogens with one attached hydrogen (secondary N) is 2. The second kappa shape index (κ2) is 6.66. The zero-order valence-corrected chi connectivity index (χ0v) is 11.3. The number of benzene rings is 2. The van der Waals surface area contributed by atoms with Gasteiger partial charge in [-0.15, -0.1) is 12.4 Å². The van der Waals surface area contributed by atoms with Gasteiger partial charge in [0, 0.05) is 11.3 Å². The lowest BCUT2D eigenvalue weighted by Crippen LogP contribution is -2.10. The number of para-hydroxylation sites is 2. The second-order valence-corrected chi connectivity index (χ2v) is 3.82. The topological polar surface area (TPSA) is 71.1 Å². The Morgan fingerprint density at radius 2 is 1.74 bits per heavy atom. The van der Waals surface area contributed by atoms with Crippen LogP contribution in [0.3, 0.4) is 0 Å². The third-order valence-corrected chi connectivity index (χ3v) is 2.58. The number of nitrogen functional groups attached to an aromatic ring is 1. The van der Waals surface area contributed by atoms with Gasteiger partial charge in [-0.2, -0.15) is 0 Å². The number of halogens is 1. The molecule has 0 aliphatic heterocycles. The van der Waals surface area contributed by atoms with Crippen LogP contribution < -0.4 is 15.8 Å². The highest BCUT2D eigenvalue weighted by Crippen LogP contribution is 2.26. The molecule has 100 valence electrons. The third-order valence-electron chi connectivity index (χ3n) is 2.58. The van der Waals surface area contributed by atoms with Crippen molar-refractivity contribution in [1.82, 2.24) is 0 Å². The molecule has 0 atom stereocenters. The zero-order valence-electron chi connectivity index (χ0n) is 10.5. The Morgan fingerprint density at radius 1 is 1.11 bits per heavy atom. The number of methoxy groups -OCH3 is 1. The molecule has 2 aromatic carbocycles. The number of nitrogens with two attached hydrogens (primary N) is 1. The molecular weight excluding hydrogens is 262 g/mol. The molecule has 5 heteroatoms. The zero-order chi connectivity index (χ0) is 13.0. The van der Waals surface area contributed by atoms with Crippen LogP contribution in [0.1, 0.15) is 5.56 Å². The summed E-state index contributed by atoms with van der Waals surface area (Å²) in [5.74, 6) is 0.854. The highest BCUT2D eigenvalue weighted by Gasteiger charge is 2.02. The molecule has 4 N–H and O–H groups in total. The second-order valence-electron chi connectivity index (χ2n) is 3.82. The number of ether oxygens (including phenoxy) is 1. The van der Waals surface area contributed by atoms with E-state index in [4.69, 9.17) is 15.9 Å². The van der Waals surface area contributed by atoms with Gasteiger partial charge in [-0.05, 0) is 36.4 Å². The van der Waals surface area contributed by atoms with Gasteiger partial charge in [0.05, 0.1) is 12.8 Å². The van der Waals surface area contributed by atoms with E-state index in [0.29, 0.717) is 5.56 Å². The van der Waals surface area contributed by atoms with E-state index in [1.54, 1.807) is 19.2 Å². The molecule has 0 aromatic heterocycles. The van der Waals surface area contributed by atoms with Gasteiger partial charge >= 0.3 is 0 Å². The molecule has 0 spiro atoms. The van der Waals surface area contributed by atoms with Crippen molar-refractivity contribution >= 4 is 29.6 Å². The van der Waals surface area contributed by atoms with Crippen molar-refractivity contribution in [1.29, 1.82) is 5.41 Å². The molecule has 0 saturated carbocycles. The molecule has 0 aliphatic rings. The van der Waals surface area contributed by atoms with E-state index in [2.05, 4.69) is 5.32 Å². The number of hydrogen-bond acceptors (Lipinski definition) is 3. The number of amidine groups is 1. The maximum atomic E-state index is 7.33. The van der Waals surface area contributed by atoms with Gasteiger partial charge in [0.1, 0.15) is 11.6 Å². The smallest absolute Gasteiger partial charge is 0.142 e. The summed E-state index contributed by atoms with van der Waals surface area (Å²) < 4.78 is 5.26. The van der Waals surface area contributed by atoms with E-state index in [1.165, 1.54) is 0 Å². The molecule has 0 amide bonds. The van der Waals surface area contributed by atoms with Crippen LogP contribution >= 0.6 is 12.4 Å². The number of anilines is 2. The summed E-state index contributed by atoms with van der Waals surface area (Å²) in [6.45, 7) is 0. The highest BCUT2D eigenvalue weighted by atomic mass is 35.5. The summed E-state index contributed by atoms with van der Waals surface area (Å²) in [6.07, 6.45) is 0. The molecule has 0 radical (unpaired) electrons. The van der Waals surface area contributed by atoms with Crippen LogP contribution in [0.5, 0.6) is 5.75 Å². The molecule has 2 aromatic rings. The largest absolute Gasteiger partial charge is 0.495 e. The van der Waals surface area contributed by atoms with Crippen LogP contribution in [0.15, 0.2) is 48.5 Å². The Balaban J connectivity index is 0.00000180. The maximum Gasteiger partial charge on any atom is 0.142 e. The lowest BCUT2D eigenvalue weighted by Gasteiger charge is -2.11. The van der Waals surface area contributed by atoms with E-state index in [1.807, 2.05) is 36.4 Å². The van der Waals surface area contributed by atoms with Crippen LogP contribution in [0, 0.1) is 5.41 Å². The molecule has 0 unspecified atom stereocenters. The van der Waals surface area contributed by atoms with Crippen LogP contribution in [0.2, 0.25) is 0 Å². The number of rotatable bonds is 4. The third kappa shape index (κ3) is 3.63. The normalized spacial score (nSPS) is 9.32. The quantitative estimate of drug-likeness (QED) is 0.594. The van der Waals surface area contributed by atoms with Crippen LogP contribution in [0.4, 0.5) is 11.4 Å². The molecule has 19 heavy (non-hydrogen) atoms.